The van der Waals surface area contributed by atoms with Gasteiger partial charge in [-0.2, -0.15) is 5.26 Å². The van der Waals surface area contributed by atoms with Crippen molar-refractivity contribution in [2.45, 2.75) is 32.9 Å². The van der Waals surface area contributed by atoms with Gasteiger partial charge in [0.1, 0.15) is 17.9 Å². The molecule has 1 aromatic heterocycles. The van der Waals surface area contributed by atoms with Crippen LogP contribution in [-0.4, -0.2) is 34.3 Å². The van der Waals surface area contributed by atoms with Crippen molar-refractivity contribution in [2.24, 2.45) is 14.1 Å². The summed E-state index contributed by atoms with van der Waals surface area (Å²) >= 11 is 0. The predicted octanol–water partition coefficient (Wildman–Crippen LogP) is -0.268. The number of aromatic nitrogens is 2. The molecule has 0 bridgehead atoms. The van der Waals surface area contributed by atoms with Crippen molar-refractivity contribution in [1.82, 2.24) is 9.13 Å². The fourth-order valence-corrected chi connectivity index (χ4v) is 2.02. The minimum atomic E-state index is -0.757. The third-order valence-electron chi connectivity index (χ3n) is 3.35. The van der Waals surface area contributed by atoms with Crippen molar-refractivity contribution < 1.29 is 9.53 Å². The van der Waals surface area contributed by atoms with E-state index in [9.17, 15) is 19.6 Å². The van der Waals surface area contributed by atoms with Crippen LogP contribution in [0.15, 0.2) is 9.59 Å². The second-order valence-electron chi connectivity index (χ2n) is 5.29. The predicted molar refractivity (Wildman–Crippen MR) is 80.7 cm³/mol. The van der Waals surface area contributed by atoms with Crippen LogP contribution in [0.4, 0.5) is 5.82 Å². The summed E-state index contributed by atoms with van der Waals surface area (Å²) in [5.41, 5.74) is -1.47. The molecule has 0 N–H and O–H groups in total. The number of hydrogen-bond acceptors (Lipinski definition) is 6. The van der Waals surface area contributed by atoms with Gasteiger partial charge in [0, 0.05) is 21.1 Å². The number of carbonyl (C=O) groups is 1. The fourth-order valence-electron chi connectivity index (χ4n) is 2.02. The summed E-state index contributed by atoms with van der Waals surface area (Å²) in [5.74, 6) is -0.418. The van der Waals surface area contributed by atoms with E-state index in [2.05, 4.69) is 0 Å². The maximum absolute atomic E-state index is 12.1. The molecule has 22 heavy (non-hydrogen) atoms. The Morgan fingerprint density at radius 2 is 1.77 bits per heavy atom. The quantitative estimate of drug-likeness (QED) is 0.710. The summed E-state index contributed by atoms with van der Waals surface area (Å²) in [7, 11) is 4.27. The molecule has 120 valence electrons. The Labute approximate surface area is 128 Å². The van der Waals surface area contributed by atoms with Gasteiger partial charge in [0.05, 0.1) is 6.10 Å². The number of nitrogens with zero attached hydrogens (tertiary/aromatic N) is 4. The van der Waals surface area contributed by atoms with E-state index in [1.165, 1.54) is 30.6 Å². The van der Waals surface area contributed by atoms with Crippen LogP contribution >= 0.6 is 0 Å². The van der Waals surface area contributed by atoms with Gasteiger partial charge in [0.2, 0.25) is 0 Å². The standard InChI is InChI=1S/C14H20N4O4/c1-8(2)22-13(20)9(3)16(4)11-10(7-15)12(19)18(6)14(21)17(11)5/h8-9H,1-6H3. The highest BCUT2D eigenvalue weighted by molar-refractivity contribution is 5.79. The number of esters is 1. The van der Waals surface area contributed by atoms with Crippen LogP contribution < -0.4 is 16.1 Å². The number of nitriles is 1. The summed E-state index contributed by atoms with van der Waals surface area (Å²) in [6.07, 6.45) is -0.286. The van der Waals surface area contributed by atoms with E-state index >= 15 is 0 Å². The van der Waals surface area contributed by atoms with Gasteiger partial charge in [-0.3, -0.25) is 13.9 Å². The van der Waals surface area contributed by atoms with Crippen molar-refractivity contribution >= 4 is 11.8 Å². The molecule has 0 aliphatic rings. The highest BCUT2D eigenvalue weighted by Crippen LogP contribution is 2.16. The van der Waals surface area contributed by atoms with Crippen LogP contribution in [0.25, 0.3) is 0 Å². The van der Waals surface area contributed by atoms with Gasteiger partial charge in [-0.25, -0.2) is 9.59 Å². The Bertz CT molecular complexity index is 739. The third-order valence-corrected chi connectivity index (χ3v) is 3.35. The van der Waals surface area contributed by atoms with Crippen molar-refractivity contribution in [2.75, 3.05) is 11.9 Å². The van der Waals surface area contributed by atoms with Crippen LogP contribution in [-0.2, 0) is 23.6 Å². The molecule has 1 aromatic rings. The minimum absolute atomic E-state index is 0.0869. The van der Waals surface area contributed by atoms with E-state index in [0.717, 1.165) is 4.57 Å². The lowest BCUT2D eigenvalue weighted by molar-refractivity contribution is -0.148. The van der Waals surface area contributed by atoms with E-state index in [1.807, 2.05) is 0 Å². The van der Waals surface area contributed by atoms with Gasteiger partial charge in [-0.1, -0.05) is 0 Å². The molecule has 0 aliphatic carbocycles. The van der Waals surface area contributed by atoms with Gasteiger partial charge in [0.25, 0.3) is 5.56 Å². The van der Waals surface area contributed by atoms with Gasteiger partial charge >= 0.3 is 11.7 Å². The van der Waals surface area contributed by atoms with Gasteiger partial charge < -0.3 is 9.64 Å². The highest BCUT2D eigenvalue weighted by atomic mass is 16.5. The Kier molecular flexibility index (Phi) is 5.14. The van der Waals surface area contributed by atoms with E-state index in [4.69, 9.17) is 4.74 Å². The maximum Gasteiger partial charge on any atom is 0.332 e. The first-order valence-corrected chi connectivity index (χ1v) is 6.76. The van der Waals surface area contributed by atoms with Gasteiger partial charge in [0.15, 0.2) is 5.56 Å². The van der Waals surface area contributed by atoms with Gasteiger partial charge in [-0.05, 0) is 20.8 Å². The van der Waals surface area contributed by atoms with Crippen LogP contribution in [0.5, 0.6) is 0 Å². The fraction of sp³-hybridized carbons (Fsp3) is 0.571. The summed E-state index contributed by atoms with van der Waals surface area (Å²) in [4.78, 5) is 37.5. The van der Waals surface area contributed by atoms with Crippen molar-refractivity contribution in [3.8, 4) is 6.07 Å². The number of hydrogen-bond donors (Lipinski definition) is 0. The first-order chi connectivity index (χ1) is 10.1. The monoisotopic (exact) mass is 308 g/mol. The normalized spacial score (nSPS) is 11.9. The summed E-state index contributed by atoms with van der Waals surface area (Å²) in [6, 6.07) is 1.04. The molecule has 0 fully saturated rings. The lowest BCUT2D eigenvalue weighted by Crippen LogP contribution is -2.46. The SMILES string of the molecule is CC(C)OC(=O)C(C)N(C)c1c(C#N)c(=O)n(C)c(=O)n1C. The van der Waals surface area contributed by atoms with Crippen LogP contribution in [0, 0.1) is 11.3 Å². The molecule has 1 unspecified atom stereocenters. The van der Waals surface area contributed by atoms with Crippen LogP contribution in [0.3, 0.4) is 0 Å². The molecule has 1 rings (SSSR count). The Morgan fingerprint density at radius 1 is 1.23 bits per heavy atom. The first-order valence-electron chi connectivity index (χ1n) is 6.76. The maximum atomic E-state index is 12.1. The van der Waals surface area contributed by atoms with E-state index < -0.39 is 23.3 Å². The third kappa shape index (κ3) is 3.03. The first kappa shape index (κ1) is 17.5. The Hall–Kier alpha value is -2.56. The largest absolute Gasteiger partial charge is 0.461 e. The zero-order valence-corrected chi connectivity index (χ0v) is 13.6. The number of carbonyl (C=O) groups excluding carboxylic acids is 1. The van der Waals surface area contributed by atoms with E-state index in [1.54, 1.807) is 26.8 Å². The number of rotatable bonds is 4. The topological polar surface area (TPSA) is 97.3 Å². The minimum Gasteiger partial charge on any atom is -0.461 e. The zero-order valence-electron chi connectivity index (χ0n) is 13.6. The second kappa shape index (κ2) is 6.47. The lowest BCUT2D eigenvalue weighted by atomic mass is 10.2. The van der Waals surface area contributed by atoms with Crippen LogP contribution in [0.1, 0.15) is 26.3 Å². The molecule has 1 heterocycles. The van der Waals surface area contributed by atoms with Crippen molar-refractivity contribution in [3.05, 3.63) is 26.4 Å². The number of anilines is 1. The molecular weight excluding hydrogens is 288 g/mol. The van der Waals surface area contributed by atoms with Crippen molar-refractivity contribution in [1.29, 1.82) is 5.26 Å². The number of likely N-dealkylation sites (N-methyl/N-ethyl adjacent to an activating group) is 1. The summed E-state index contributed by atoms with van der Waals surface area (Å²) in [6.45, 7) is 5.02. The van der Waals surface area contributed by atoms with Crippen LogP contribution in [0.2, 0.25) is 0 Å². The molecule has 8 heteroatoms. The zero-order chi connectivity index (χ0) is 17.2. The molecule has 0 radical (unpaired) electrons. The second-order valence-corrected chi connectivity index (χ2v) is 5.29. The molecule has 0 amide bonds. The molecule has 0 aromatic carbocycles. The molecule has 1 atom stereocenters. The van der Waals surface area contributed by atoms with E-state index in [-0.39, 0.29) is 17.5 Å². The molecule has 8 nitrogen and oxygen atoms in total. The number of ether oxygens (including phenoxy) is 1. The molecule has 0 saturated heterocycles. The summed E-state index contributed by atoms with van der Waals surface area (Å²) in [5, 5.41) is 9.23. The van der Waals surface area contributed by atoms with Gasteiger partial charge in [-0.15, -0.1) is 0 Å². The molecular formula is C14H20N4O4. The molecule has 0 aliphatic heterocycles. The highest BCUT2D eigenvalue weighted by Gasteiger charge is 2.27. The lowest BCUT2D eigenvalue weighted by Gasteiger charge is -2.28. The summed E-state index contributed by atoms with van der Waals surface area (Å²) < 4.78 is 7.14. The average molecular weight is 308 g/mol. The Balaban J connectivity index is 3.45. The Morgan fingerprint density at radius 3 is 2.23 bits per heavy atom. The van der Waals surface area contributed by atoms with E-state index in [0.29, 0.717) is 0 Å². The smallest absolute Gasteiger partial charge is 0.332 e. The molecule has 0 spiro atoms. The van der Waals surface area contributed by atoms with Crippen molar-refractivity contribution in [3.63, 3.8) is 0 Å². The molecule has 0 saturated carbocycles. The average Bonchev–Trinajstić information content (AvgIpc) is 2.46.